The number of nitrogens with zero attached hydrogens (tertiary/aromatic N) is 2. The van der Waals surface area contributed by atoms with Crippen molar-refractivity contribution in [1.82, 2.24) is 9.88 Å². The van der Waals surface area contributed by atoms with Crippen LogP contribution in [0.25, 0.3) is 9.53 Å². The van der Waals surface area contributed by atoms with E-state index in [1.54, 1.807) is 11.3 Å². The lowest BCUT2D eigenvalue weighted by Crippen LogP contribution is -2.44. The molecule has 9 heteroatoms. The molecule has 2 atom stereocenters. The third kappa shape index (κ3) is 4.96. The Labute approximate surface area is 185 Å². The van der Waals surface area contributed by atoms with Gasteiger partial charge in [-0.3, -0.25) is 4.79 Å². The molecule has 0 radical (unpaired) electrons. The molecule has 3 aromatic rings. The zero-order chi connectivity index (χ0) is 18.1. The van der Waals surface area contributed by atoms with Gasteiger partial charge in [0.25, 0.3) is 5.91 Å². The summed E-state index contributed by atoms with van der Waals surface area (Å²) in [4.78, 5) is 21.1. The van der Waals surface area contributed by atoms with Gasteiger partial charge in [0.15, 0.2) is 5.13 Å². The molecule has 1 amide bonds. The number of nitrogens with two attached hydrogens (primary N) is 1. The van der Waals surface area contributed by atoms with Gasteiger partial charge in [0.05, 0.1) is 9.58 Å². The van der Waals surface area contributed by atoms with Gasteiger partial charge < -0.3 is 16.0 Å². The Kier molecular flexibility index (Phi) is 8.09. The fraction of sp³-hybridized carbons (Fsp3) is 0.368. The smallest absolute Gasteiger partial charge is 0.264 e. The number of aromatic nitrogens is 1. The molecule has 0 saturated carbocycles. The van der Waals surface area contributed by atoms with E-state index in [4.69, 9.17) is 5.73 Å². The van der Waals surface area contributed by atoms with E-state index in [9.17, 15) is 4.79 Å². The Morgan fingerprint density at radius 3 is 2.71 bits per heavy atom. The zero-order valence-electron chi connectivity index (χ0n) is 15.5. The highest BCUT2D eigenvalue weighted by atomic mass is 35.5. The Bertz CT molecular complexity index is 882. The van der Waals surface area contributed by atoms with E-state index in [2.05, 4.69) is 10.3 Å². The summed E-state index contributed by atoms with van der Waals surface area (Å²) >= 11 is 3.06. The number of rotatable bonds is 4. The van der Waals surface area contributed by atoms with Crippen LogP contribution in [0, 0.1) is 5.92 Å². The van der Waals surface area contributed by atoms with Crippen LogP contribution in [0.3, 0.4) is 0 Å². The minimum absolute atomic E-state index is 0. The van der Waals surface area contributed by atoms with Crippen molar-refractivity contribution in [2.75, 3.05) is 18.4 Å². The van der Waals surface area contributed by atoms with Crippen LogP contribution in [-0.4, -0.2) is 34.9 Å². The number of piperidine rings is 1. The number of benzene rings is 1. The maximum atomic E-state index is 12.9. The SMILES string of the molecule is CC(N)C1CCCN(C(=O)c2cc3sc(Nc4ccccc4)nc3s2)C1.Cl.Cl. The highest BCUT2D eigenvalue weighted by Crippen LogP contribution is 2.35. The van der Waals surface area contributed by atoms with Crippen LogP contribution in [-0.2, 0) is 0 Å². The molecule has 28 heavy (non-hydrogen) atoms. The van der Waals surface area contributed by atoms with E-state index >= 15 is 0 Å². The Morgan fingerprint density at radius 1 is 1.29 bits per heavy atom. The maximum Gasteiger partial charge on any atom is 0.264 e. The summed E-state index contributed by atoms with van der Waals surface area (Å²) in [6.07, 6.45) is 2.14. The third-order valence-corrected chi connectivity index (χ3v) is 6.88. The number of thiazole rings is 1. The molecule has 2 aromatic heterocycles. The number of carbonyl (C=O) groups excluding carboxylic acids is 1. The van der Waals surface area contributed by atoms with Crippen molar-refractivity contribution in [3.63, 3.8) is 0 Å². The second-order valence-corrected chi connectivity index (χ2v) is 8.86. The molecule has 3 N–H and O–H groups in total. The van der Waals surface area contributed by atoms with Gasteiger partial charge in [-0.05, 0) is 43.9 Å². The number of fused-ring (bicyclic) bond motifs is 1. The van der Waals surface area contributed by atoms with Gasteiger partial charge in [-0.25, -0.2) is 4.98 Å². The molecule has 1 aromatic carbocycles. The van der Waals surface area contributed by atoms with Crippen LogP contribution in [0.4, 0.5) is 10.8 Å². The maximum absolute atomic E-state index is 12.9. The van der Waals surface area contributed by atoms with Gasteiger partial charge in [0.1, 0.15) is 4.83 Å². The molecular formula is C19H24Cl2N4OS2. The minimum atomic E-state index is 0. The zero-order valence-corrected chi connectivity index (χ0v) is 18.7. The predicted molar refractivity (Wildman–Crippen MR) is 124 cm³/mol. The average molecular weight is 459 g/mol. The van der Waals surface area contributed by atoms with E-state index in [-0.39, 0.29) is 36.8 Å². The van der Waals surface area contributed by atoms with Gasteiger partial charge in [0, 0.05) is 24.8 Å². The normalized spacial score (nSPS) is 17.5. The predicted octanol–water partition coefficient (Wildman–Crippen LogP) is 5.14. The summed E-state index contributed by atoms with van der Waals surface area (Å²) in [6.45, 7) is 3.61. The monoisotopic (exact) mass is 458 g/mol. The number of carbonyl (C=O) groups is 1. The molecule has 0 aliphatic carbocycles. The number of hydrogen-bond acceptors (Lipinski definition) is 6. The van der Waals surface area contributed by atoms with Crippen molar-refractivity contribution >= 4 is 73.7 Å². The molecule has 2 unspecified atom stereocenters. The first-order valence-electron chi connectivity index (χ1n) is 8.87. The summed E-state index contributed by atoms with van der Waals surface area (Å²) in [7, 11) is 0. The minimum Gasteiger partial charge on any atom is -0.338 e. The summed E-state index contributed by atoms with van der Waals surface area (Å²) in [5, 5.41) is 4.17. The first kappa shape index (κ1) is 22.9. The topological polar surface area (TPSA) is 71.2 Å². The second-order valence-electron chi connectivity index (χ2n) is 6.80. The van der Waals surface area contributed by atoms with Crippen LogP contribution in [0.1, 0.15) is 29.4 Å². The highest BCUT2D eigenvalue weighted by Gasteiger charge is 2.27. The number of para-hydroxylation sites is 1. The molecule has 5 nitrogen and oxygen atoms in total. The molecule has 1 aliphatic rings. The molecule has 0 bridgehead atoms. The number of likely N-dealkylation sites (tertiary alicyclic amines) is 1. The quantitative estimate of drug-likeness (QED) is 0.567. The van der Waals surface area contributed by atoms with Crippen molar-refractivity contribution in [3.05, 3.63) is 41.3 Å². The van der Waals surface area contributed by atoms with Crippen LogP contribution >= 0.6 is 47.5 Å². The number of anilines is 2. The van der Waals surface area contributed by atoms with Crippen LogP contribution in [0.5, 0.6) is 0 Å². The first-order valence-corrected chi connectivity index (χ1v) is 10.5. The highest BCUT2D eigenvalue weighted by molar-refractivity contribution is 7.29. The average Bonchev–Trinajstić information content (AvgIpc) is 3.20. The molecule has 1 aliphatic heterocycles. The van der Waals surface area contributed by atoms with Crippen molar-refractivity contribution in [3.8, 4) is 0 Å². The van der Waals surface area contributed by atoms with Crippen molar-refractivity contribution in [1.29, 1.82) is 0 Å². The summed E-state index contributed by atoms with van der Waals surface area (Å²) < 4.78 is 1.05. The number of halogens is 2. The van der Waals surface area contributed by atoms with Crippen molar-refractivity contribution < 1.29 is 4.79 Å². The molecule has 0 spiro atoms. The summed E-state index contributed by atoms with van der Waals surface area (Å²) in [6, 6.07) is 12.1. The van der Waals surface area contributed by atoms with Crippen molar-refractivity contribution in [2.24, 2.45) is 11.7 Å². The molecule has 1 fully saturated rings. The first-order chi connectivity index (χ1) is 12.6. The fourth-order valence-corrected chi connectivity index (χ4v) is 5.42. The number of amides is 1. The lowest BCUT2D eigenvalue weighted by molar-refractivity contribution is 0.0666. The fourth-order valence-electron chi connectivity index (χ4n) is 3.32. The Hall–Kier alpha value is -1.38. The van der Waals surface area contributed by atoms with Gasteiger partial charge in [0.2, 0.25) is 0 Å². The summed E-state index contributed by atoms with van der Waals surface area (Å²) in [5.74, 6) is 0.511. The Balaban J connectivity index is 0.00000140. The molecule has 3 heterocycles. The molecular weight excluding hydrogens is 435 g/mol. The van der Waals surface area contributed by atoms with Gasteiger partial charge in [-0.15, -0.1) is 36.2 Å². The van der Waals surface area contributed by atoms with Gasteiger partial charge in [-0.1, -0.05) is 29.5 Å². The third-order valence-electron chi connectivity index (χ3n) is 4.81. The standard InChI is InChI=1S/C19H22N4OS2.2ClH/c1-12(20)13-6-5-9-23(11-13)18(24)16-10-15-17(25-16)22-19(26-15)21-14-7-3-2-4-8-14;;/h2-4,7-8,10,12-13H,5-6,9,11,20H2,1H3,(H,21,22);2*1H. The molecule has 1 saturated heterocycles. The molecule has 4 rings (SSSR count). The molecule has 152 valence electrons. The summed E-state index contributed by atoms with van der Waals surface area (Å²) in [5.41, 5.74) is 7.06. The van der Waals surface area contributed by atoms with E-state index in [0.29, 0.717) is 5.92 Å². The van der Waals surface area contributed by atoms with E-state index in [0.717, 1.165) is 51.2 Å². The van der Waals surface area contributed by atoms with E-state index < -0.39 is 0 Å². The van der Waals surface area contributed by atoms with Crippen LogP contribution in [0.2, 0.25) is 0 Å². The largest absolute Gasteiger partial charge is 0.338 e. The van der Waals surface area contributed by atoms with Crippen LogP contribution in [0.15, 0.2) is 36.4 Å². The Morgan fingerprint density at radius 2 is 2.04 bits per heavy atom. The number of thiophene rings is 1. The van der Waals surface area contributed by atoms with Gasteiger partial charge >= 0.3 is 0 Å². The lowest BCUT2D eigenvalue weighted by Gasteiger charge is -2.34. The van der Waals surface area contributed by atoms with Gasteiger partial charge in [-0.2, -0.15) is 0 Å². The van der Waals surface area contributed by atoms with Crippen LogP contribution < -0.4 is 11.1 Å². The van der Waals surface area contributed by atoms with Crippen molar-refractivity contribution in [2.45, 2.75) is 25.8 Å². The van der Waals surface area contributed by atoms with E-state index in [1.807, 2.05) is 48.2 Å². The number of nitrogens with one attached hydrogen (secondary N) is 1. The lowest BCUT2D eigenvalue weighted by atomic mass is 9.92. The number of hydrogen-bond donors (Lipinski definition) is 2. The second kappa shape index (κ2) is 9.89. The van der Waals surface area contributed by atoms with E-state index in [1.165, 1.54) is 11.3 Å².